The zero-order valence-electron chi connectivity index (χ0n) is 8.41. The first-order valence-electron chi connectivity index (χ1n) is 4.23. The standard InChI is InChI=1S/C8H16N2O3S/c1-10-7(11)5-14-4-3-6(9)8(12)13-2/h6H,3-5,9H2,1-2H3,(H,10,11). The summed E-state index contributed by atoms with van der Waals surface area (Å²) >= 11 is 1.44. The van der Waals surface area contributed by atoms with Gasteiger partial charge in [0.15, 0.2) is 0 Å². The van der Waals surface area contributed by atoms with Crippen molar-refractivity contribution >= 4 is 23.6 Å². The second-order valence-electron chi connectivity index (χ2n) is 2.64. The average Bonchev–Trinajstić information content (AvgIpc) is 2.22. The van der Waals surface area contributed by atoms with Crippen LogP contribution in [0, 0.1) is 0 Å². The number of hydrogen-bond acceptors (Lipinski definition) is 5. The molecule has 1 atom stereocenters. The van der Waals surface area contributed by atoms with Gasteiger partial charge in [-0.3, -0.25) is 9.59 Å². The van der Waals surface area contributed by atoms with Crippen LogP contribution in [0.1, 0.15) is 6.42 Å². The van der Waals surface area contributed by atoms with Crippen LogP contribution in [-0.4, -0.2) is 43.6 Å². The molecule has 1 unspecified atom stereocenters. The highest BCUT2D eigenvalue weighted by Gasteiger charge is 2.12. The summed E-state index contributed by atoms with van der Waals surface area (Å²) in [6, 6.07) is -0.586. The Labute approximate surface area is 87.7 Å². The summed E-state index contributed by atoms with van der Waals surface area (Å²) in [5.41, 5.74) is 5.49. The van der Waals surface area contributed by atoms with E-state index >= 15 is 0 Å². The van der Waals surface area contributed by atoms with Gasteiger partial charge in [-0.15, -0.1) is 0 Å². The van der Waals surface area contributed by atoms with E-state index in [4.69, 9.17) is 5.73 Å². The number of rotatable bonds is 6. The van der Waals surface area contributed by atoms with Gasteiger partial charge in [0.1, 0.15) is 6.04 Å². The van der Waals surface area contributed by atoms with Crippen LogP contribution in [0.3, 0.4) is 0 Å². The number of carbonyl (C=O) groups excluding carboxylic acids is 2. The molecule has 0 saturated carbocycles. The lowest BCUT2D eigenvalue weighted by Crippen LogP contribution is -2.32. The van der Waals surface area contributed by atoms with Gasteiger partial charge in [0.2, 0.25) is 5.91 Å². The van der Waals surface area contributed by atoms with Crippen LogP contribution in [0.4, 0.5) is 0 Å². The number of esters is 1. The lowest BCUT2D eigenvalue weighted by molar-refractivity contribution is -0.142. The molecule has 6 heteroatoms. The molecule has 0 radical (unpaired) electrons. The third kappa shape index (κ3) is 5.82. The van der Waals surface area contributed by atoms with Crippen molar-refractivity contribution in [3.8, 4) is 0 Å². The molecule has 1 amide bonds. The topological polar surface area (TPSA) is 81.4 Å². The highest BCUT2D eigenvalue weighted by atomic mass is 32.2. The summed E-state index contributed by atoms with van der Waals surface area (Å²) in [6.07, 6.45) is 0.522. The SMILES string of the molecule is CNC(=O)CSCCC(N)C(=O)OC. The normalized spacial score (nSPS) is 11.9. The predicted octanol–water partition coefficient (Wildman–Crippen LogP) is -0.644. The van der Waals surface area contributed by atoms with Crippen molar-refractivity contribution in [3.05, 3.63) is 0 Å². The van der Waals surface area contributed by atoms with Crippen molar-refractivity contribution in [1.29, 1.82) is 0 Å². The Balaban J connectivity index is 3.45. The van der Waals surface area contributed by atoms with E-state index < -0.39 is 12.0 Å². The number of nitrogens with one attached hydrogen (secondary N) is 1. The number of methoxy groups -OCH3 is 1. The van der Waals surface area contributed by atoms with Crippen LogP contribution < -0.4 is 11.1 Å². The molecule has 0 aromatic heterocycles. The smallest absolute Gasteiger partial charge is 0.322 e. The largest absolute Gasteiger partial charge is 0.468 e. The molecule has 0 heterocycles. The van der Waals surface area contributed by atoms with Crippen LogP contribution in [0.15, 0.2) is 0 Å². The van der Waals surface area contributed by atoms with E-state index in [1.165, 1.54) is 18.9 Å². The van der Waals surface area contributed by atoms with Gasteiger partial charge in [0.05, 0.1) is 12.9 Å². The molecule has 82 valence electrons. The van der Waals surface area contributed by atoms with Gasteiger partial charge in [-0.1, -0.05) is 0 Å². The second-order valence-corrected chi connectivity index (χ2v) is 3.75. The van der Waals surface area contributed by atoms with Gasteiger partial charge in [0.25, 0.3) is 0 Å². The van der Waals surface area contributed by atoms with Crippen molar-refractivity contribution in [1.82, 2.24) is 5.32 Å². The van der Waals surface area contributed by atoms with Crippen molar-refractivity contribution in [2.24, 2.45) is 5.73 Å². The molecule has 0 aliphatic rings. The Morgan fingerprint density at radius 3 is 2.71 bits per heavy atom. The number of amides is 1. The van der Waals surface area contributed by atoms with Gasteiger partial charge in [-0.05, 0) is 12.2 Å². The first-order chi connectivity index (χ1) is 6.61. The van der Waals surface area contributed by atoms with Crippen LogP contribution >= 0.6 is 11.8 Å². The molecule has 0 aliphatic heterocycles. The third-order valence-electron chi connectivity index (χ3n) is 1.59. The predicted molar refractivity (Wildman–Crippen MR) is 56.0 cm³/mol. The highest BCUT2D eigenvalue weighted by molar-refractivity contribution is 7.99. The van der Waals surface area contributed by atoms with Gasteiger partial charge < -0.3 is 15.8 Å². The first kappa shape index (κ1) is 13.2. The van der Waals surface area contributed by atoms with E-state index in [1.54, 1.807) is 7.05 Å². The van der Waals surface area contributed by atoms with E-state index in [1.807, 2.05) is 0 Å². The van der Waals surface area contributed by atoms with E-state index in [9.17, 15) is 9.59 Å². The second kappa shape index (κ2) is 7.64. The Kier molecular flexibility index (Phi) is 7.23. The van der Waals surface area contributed by atoms with E-state index in [0.717, 1.165) is 0 Å². The van der Waals surface area contributed by atoms with Crippen molar-refractivity contribution in [2.75, 3.05) is 25.7 Å². The maximum atomic E-state index is 10.9. The molecule has 0 aromatic rings. The fraction of sp³-hybridized carbons (Fsp3) is 0.750. The minimum absolute atomic E-state index is 0.0263. The van der Waals surface area contributed by atoms with Crippen LogP contribution in [0.2, 0.25) is 0 Å². The van der Waals surface area contributed by atoms with Gasteiger partial charge in [-0.2, -0.15) is 11.8 Å². The van der Waals surface area contributed by atoms with Crippen molar-refractivity contribution in [3.63, 3.8) is 0 Å². The fourth-order valence-corrected chi connectivity index (χ4v) is 1.61. The molecular weight excluding hydrogens is 204 g/mol. The Morgan fingerprint density at radius 2 is 2.21 bits per heavy atom. The quantitative estimate of drug-likeness (QED) is 0.459. The summed E-state index contributed by atoms with van der Waals surface area (Å²) in [7, 11) is 2.89. The number of nitrogens with two attached hydrogens (primary N) is 1. The molecule has 0 rings (SSSR count). The minimum atomic E-state index is -0.586. The fourth-order valence-electron chi connectivity index (χ4n) is 0.717. The van der Waals surface area contributed by atoms with Crippen molar-refractivity contribution in [2.45, 2.75) is 12.5 Å². The summed E-state index contributed by atoms with van der Waals surface area (Å²) in [6.45, 7) is 0. The van der Waals surface area contributed by atoms with E-state index in [0.29, 0.717) is 17.9 Å². The Morgan fingerprint density at radius 1 is 1.57 bits per heavy atom. The number of carbonyl (C=O) groups is 2. The van der Waals surface area contributed by atoms with E-state index in [2.05, 4.69) is 10.1 Å². The lowest BCUT2D eigenvalue weighted by Gasteiger charge is -2.07. The minimum Gasteiger partial charge on any atom is -0.468 e. The maximum Gasteiger partial charge on any atom is 0.322 e. The molecule has 0 aliphatic carbocycles. The molecule has 0 aromatic carbocycles. The number of ether oxygens (including phenoxy) is 1. The Bertz CT molecular complexity index is 199. The van der Waals surface area contributed by atoms with Crippen LogP contribution in [-0.2, 0) is 14.3 Å². The summed E-state index contributed by atoms with van der Waals surface area (Å²) in [4.78, 5) is 21.7. The van der Waals surface area contributed by atoms with Gasteiger partial charge >= 0.3 is 5.97 Å². The molecule has 3 N–H and O–H groups in total. The molecule has 0 saturated heterocycles. The number of hydrogen-bond donors (Lipinski definition) is 2. The number of thioether (sulfide) groups is 1. The average molecular weight is 220 g/mol. The molecule has 5 nitrogen and oxygen atoms in total. The molecule has 0 bridgehead atoms. The Hall–Kier alpha value is -0.750. The van der Waals surface area contributed by atoms with Crippen LogP contribution in [0.5, 0.6) is 0 Å². The molecule has 14 heavy (non-hydrogen) atoms. The first-order valence-corrected chi connectivity index (χ1v) is 5.39. The zero-order valence-corrected chi connectivity index (χ0v) is 9.23. The van der Waals surface area contributed by atoms with Crippen molar-refractivity contribution < 1.29 is 14.3 Å². The lowest BCUT2D eigenvalue weighted by atomic mass is 10.2. The molecule has 0 spiro atoms. The van der Waals surface area contributed by atoms with Gasteiger partial charge in [-0.25, -0.2) is 0 Å². The zero-order chi connectivity index (χ0) is 11.0. The maximum absolute atomic E-state index is 10.9. The summed E-state index contributed by atoms with van der Waals surface area (Å²) in [5.74, 6) is 0.626. The molecular formula is C8H16N2O3S. The summed E-state index contributed by atoms with van der Waals surface area (Å²) in [5, 5.41) is 2.50. The monoisotopic (exact) mass is 220 g/mol. The van der Waals surface area contributed by atoms with Crippen LogP contribution in [0.25, 0.3) is 0 Å². The highest BCUT2D eigenvalue weighted by Crippen LogP contribution is 2.04. The van der Waals surface area contributed by atoms with Gasteiger partial charge in [0, 0.05) is 7.05 Å². The molecule has 0 fully saturated rings. The summed E-state index contributed by atoms with van der Waals surface area (Å²) < 4.78 is 4.46. The van der Waals surface area contributed by atoms with E-state index in [-0.39, 0.29) is 5.91 Å². The third-order valence-corrected chi connectivity index (χ3v) is 2.58.